The molecule has 0 atom stereocenters. The van der Waals surface area contributed by atoms with Gasteiger partial charge in [0.25, 0.3) is 0 Å². The standard InChI is InChI=1S/C23H38N6O2.HI/c1-6-7-8-9-13-31-21-15-18(2)10-11-20(21)16-25-23(24-12-14-30-5)26-17-22-28-27-19(3)29(22)4;/h10-11,15H,6-9,12-14,16-17H2,1-5H3,(H2,24,25,26);1H. The van der Waals surface area contributed by atoms with Crippen molar-refractivity contribution < 1.29 is 9.47 Å². The van der Waals surface area contributed by atoms with Gasteiger partial charge >= 0.3 is 0 Å². The van der Waals surface area contributed by atoms with Gasteiger partial charge in [0.15, 0.2) is 11.8 Å². The number of halogens is 1. The van der Waals surface area contributed by atoms with E-state index in [-0.39, 0.29) is 24.0 Å². The molecule has 0 fully saturated rings. The molecule has 0 unspecified atom stereocenters. The average molecular weight is 559 g/mol. The molecule has 0 saturated heterocycles. The first-order chi connectivity index (χ1) is 15.0. The van der Waals surface area contributed by atoms with Gasteiger partial charge in [0.1, 0.15) is 11.6 Å². The molecule has 2 aromatic rings. The summed E-state index contributed by atoms with van der Waals surface area (Å²) in [5.74, 6) is 3.35. The summed E-state index contributed by atoms with van der Waals surface area (Å²) >= 11 is 0. The van der Waals surface area contributed by atoms with E-state index >= 15 is 0 Å². The third kappa shape index (κ3) is 9.72. The van der Waals surface area contributed by atoms with E-state index in [0.29, 0.717) is 32.2 Å². The summed E-state index contributed by atoms with van der Waals surface area (Å²) in [5.41, 5.74) is 2.26. The van der Waals surface area contributed by atoms with Gasteiger partial charge in [-0.1, -0.05) is 38.3 Å². The third-order valence-electron chi connectivity index (χ3n) is 5.08. The van der Waals surface area contributed by atoms with Crippen LogP contribution in [0.25, 0.3) is 0 Å². The van der Waals surface area contributed by atoms with E-state index < -0.39 is 0 Å². The van der Waals surface area contributed by atoms with Gasteiger partial charge in [0, 0.05) is 26.3 Å². The first-order valence-electron chi connectivity index (χ1n) is 11.1. The summed E-state index contributed by atoms with van der Waals surface area (Å²) in [6, 6.07) is 6.29. The smallest absolute Gasteiger partial charge is 0.192 e. The van der Waals surface area contributed by atoms with Crippen LogP contribution in [-0.4, -0.2) is 47.6 Å². The molecule has 0 aliphatic rings. The molecule has 1 aromatic carbocycles. The van der Waals surface area contributed by atoms with Crippen molar-refractivity contribution in [1.82, 2.24) is 25.4 Å². The second-order valence-electron chi connectivity index (χ2n) is 7.68. The Morgan fingerprint density at radius 1 is 1.09 bits per heavy atom. The van der Waals surface area contributed by atoms with Gasteiger partial charge in [-0.3, -0.25) is 0 Å². The fraction of sp³-hybridized carbons (Fsp3) is 0.609. The number of ether oxygens (including phenoxy) is 2. The van der Waals surface area contributed by atoms with E-state index in [2.05, 4.69) is 52.9 Å². The first kappa shape index (κ1) is 28.2. The van der Waals surface area contributed by atoms with E-state index in [4.69, 9.17) is 14.5 Å². The highest BCUT2D eigenvalue weighted by Crippen LogP contribution is 2.22. The summed E-state index contributed by atoms with van der Waals surface area (Å²) in [4.78, 5) is 4.77. The number of nitrogens with zero attached hydrogens (tertiary/aromatic N) is 4. The van der Waals surface area contributed by atoms with Crippen LogP contribution in [0.15, 0.2) is 23.2 Å². The lowest BCUT2D eigenvalue weighted by molar-refractivity contribution is 0.203. The summed E-state index contributed by atoms with van der Waals surface area (Å²) in [7, 11) is 3.64. The van der Waals surface area contributed by atoms with Crippen LogP contribution in [0.5, 0.6) is 5.75 Å². The Kier molecular flexibility index (Phi) is 13.9. The van der Waals surface area contributed by atoms with E-state index in [9.17, 15) is 0 Å². The molecule has 0 aliphatic heterocycles. The molecule has 1 heterocycles. The number of hydrogen-bond acceptors (Lipinski definition) is 5. The molecule has 0 radical (unpaired) electrons. The molecule has 180 valence electrons. The van der Waals surface area contributed by atoms with Crippen molar-refractivity contribution >= 4 is 29.9 Å². The van der Waals surface area contributed by atoms with Gasteiger partial charge in [-0.2, -0.15) is 0 Å². The van der Waals surface area contributed by atoms with Crippen molar-refractivity contribution in [3.8, 4) is 5.75 Å². The fourth-order valence-electron chi connectivity index (χ4n) is 3.02. The zero-order chi connectivity index (χ0) is 22.5. The Bertz CT molecular complexity index is 825. The van der Waals surface area contributed by atoms with Gasteiger partial charge in [0.05, 0.1) is 26.3 Å². The molecule has 0 amide bonds. The number of methoxy groups -OCH3 is 1. The van der Waals surface area contributed by atoms with Gasteiger partial charge in [-0.25, -0.2) is 4.99 Å². The Morgan fingerprint density at radius 3 is 2.59 bits per heavy atom. The molecular weight excluding hydrogens is 519 g/mol. The van der Waals surface area contributed by atoms with Crippen LogP contribution < -0.4 is 15.4 Å². The van der Waals surface area contributed by atoms with E-state index in [1.165, 1.54) is 24.8 Å². The Morgan fingerprint density at radius 2 is 1.91 bits per heavy atom. The number of aliphatic imine (C=N–C) groups is 1. The van der Waals surface area contributed by atoms with Crippen LogP contribution in [0.4, 0.5) is 0 Å². The number of aromatic nitrogens is 3. The number of rotatable bonds is 13. The summed E-state index contributed by atoms with van der Waals surface area (Å²) in [6.45, 7) is 9.28. The molecule has 0 saturated carbocycles. The van der Waals surface area contributed by atoms with Crippen molar-refractivity contribution in [3.63, 3.8) is 0 Å². The van der Waals surface area contributed by atoms with Crippen LogP contribution in [0.3, 0.4) is 0 Å². The minimum atomic E-state index is 0. The van der Waals surface area contributed by atoms with Crippen LogP contribution >= 0.6 is 24.0 Å². The van der Waals surface area contributed by atoms with Crippen molar-refractivity contribution in [2.24, 2.45) is 12.0 Å². The maximum Gasteiger partial charge on any atom is 0.192 e. The quantitative estimate of drug-likeness (QED) is 0.168. The maximum absolute atomic E-state index is 6.09. The van der Waals surface area contributed by atoms with Gasteiger partial charge in [-0.15, -0.1) is 34.2 Å². The lowest BCUT2D eigenvalue weighted by Crippen LogP contribution is -2.39. The average Bonchev–Trinajstić information content (AvgIpc) is 3.08. The van der Waals surface area contributed by atoms with Crippen molar-refractivity contribution in [2.75, 3.05) is 26.9 Å². The largest absolute Gasteiger partial charge is 0.493 e. The first-order valence-corrected chi connectivity index (χ1v) is 11.1. The molecule has 0 spiro atoms. The summed E-state index contributed by atoms with van der Waals surface area (Å²) < 4.78 is 13.2. The molecule has 1 aromatic heterocycles. The van der Waals surface area contributed by atoms with Crippen molar-refractivity contribution in [2.45, 2.75) is 59.5 Å². The third-order valence-corrected chi connectivity index (χ3v) is 5.08. The highest BCUT2D eigenvalue weighted by atomic mass is 127. The lowest BCUT2D eigenvalue weighted by Gasteiger charge is -2.14. The Hall–Kier alpha value is -1.88. The van der Waals surface area contributed by atoms with Crippen LogP contribution in [0.2, 0.25) is 0 Å². The second-order valence-corrected chi connectivity index (χ2v) is 7.68. The topological polar surface area (TPSA) is 85.6 Å². The minimum absolute atomic E-state index is 0. The number of hydrogen-bond donors (Lipinski definition) is 2. The molecule has 2 N–H and O–H groups in total. The maximum atomic E-state index is 6.09. The van der Waals surface area contributed by atoms with Crippen LogP contribution in [0.1, 0.15) is 55.4 Å². The SMILES string of the molecule is CCCCCCOc1cc(C)ccc1CN=C(NCCOC)NCc1nnc(C)n1C.I. The van der Waals surface area contributed by atoms with E-state index in [0.717, 1.165) is 36.0 Å². The number of unbranched alkanes of at least 4 members (excludes halogenated alkanes) is 3. The van der Waals surface area contributed by atoms with Gasteiger partial charge < -0.3 is 24.7 Å². The van der Waals surface area contributed by atoms with Crippen LogP contribution in [0, 0.1) is 13.8 Å². The molecule has 2 rings (SSSR count). The van der Waals surface area contributed by atoms with Gasteiger partial charge in [-0.05, 0) is 31.9 Å². The summed E-state index contributed by atoms with van der Waals surface area (Å²) in [5, 5.41) is 14.9. The normalized spacial score (nSPS) is 11.2. The molecule has 9 heteroatoms. The molecule has 0 bridgehead atoms. The summed E-state index contributed by atoms with van der Waals surface area (Å²) in [6.07, 6.45) is 4.76. The number of guanidine groups is 1. The second kappa shape index (κ2) is 15.8. The molecule has 0 aliphatic carbocycles. The van der Waals surface area contributed by atoms with Gasteiger partial charge in [0.2, 0.25) is 0 Å². The Labute approximate surface area is 209 Å². The predicted octanol–water partition coefficient (Wildman–Crippen LogP) is 3.89. The molecular formula is C23H39IN6O2. The van der Waals surface area contributed by atoms with Crippen LogP contribution in [-0.2, 0) is 24.9 Å². The van der Waals surface area contributed by atoms with E-state index in [1.54, 1.807) is 7.11 Å². The highest BCUT2D eigenvalue weighted by molar-refractivity contribution is 14.0. The van der Waals surface area contributed by atoms with Crippen molar-refractivity contribution in [3.05, 3.63) is 41.0 Å². The number of aryl methyl sites for hydroxylation is 2. The monoisotopic (exact) mass is 558 g/mol. The fourth-order valence-corrected chi connectivity index (χ4v) is 3.02. The lowest BCUT2D eigenvalue weighted by atomic mass is 10.1. The zero-order valence-corrected chi connectivity index (χ0v) is 22.4. The molecule has 32 heavy (non-hydrogen) atoms. The van der Waals surface area contributed by atoms with E-state index in [1.807, 2.05) is 18.5 Å². The number of nitrogens with one attached hydrogen (secondary N) is 2. The predicted molar refractivity (Wildman–Crippen MR) is 140 cm³/mol. The van der Waals surface area contributed by atoms with Crippen molar-refractivity contribution in [1.29, 1.82) is 0 Å². The zero-order valence-electron chi connectivity index (χ0n) is 20.1. The Balaban J connectivity index is 0.00000512. The number of benzene rings is 1. The minimum Gasteiger partial charge on any atom is -0.493 e. The molecule has 8 nitrogen and oxygen atoms in total. The highest BCUT2D eigenvalue weighted by Gasteiger charge is 2.08.